The Morgan fingerprint density at radius 2 is 2.21 bits per heavy atom. The highest BCUT2D eigenvalue weighted by Gasteiger charge is 2.15. The monoisotopic (exact) mass is 445 g/mol. The van der Waals surface area contributed by atoms with E-state index in [9.17, 15) is 9.50 Å². The van der Waals surface area contributed by atoms with E-state index in [4.69, 9.17) is 0 Å². The van der Waals surface area contributed by atoms with Crippen molar-refractivity contribution in [3.05, 3.63) is 83.8 Å². The van der Waals surface area contributed by atoms with E-state index in [0.29, 0.717) is 6.54 Å². The van der Waals surface area contributed by atoms with Gasteiger partial charge in [0.2, 0.25) is 0 Å². The van der Waals surface area contributed by atoms with Crippen LogP contribution in [0.15, 0.2) is 72.0 Å². The molecule has 1 aromatic carbocycles. The van der Waals surface area contributed by atoms with Crippen molar-refractivity contribution >= 4 is 34.5 Å². The molecule has 0 amide bonds. The minimum absolute atomic E-state index is 0.0124. The molecule has 3 aromatic heterocycles. The van der Waals surface area contributed by atoms with Crippen molar-refractivity contribution < 1.29 is 9.50 Å². The number of halogens is 1. The maximum absolute atomic E-state index is 14.0. The number of aromatic nitrogens is 3. The van der Waals surface area contributed by atoms with Crippen LogP contribution in [-0.4, -0.2) is 39.3 Å². The van der Waals surface area contributed by atoms with Gasteiger partial charge in [0.15, 0.2) is 5.65 Å². The zero-order valence-electron chi connectivity index (χ0n) is 18.8. The Balaban J connectivity index is 1.67. The molecule has 1 unspecified atom stereocenters. The average molecular weight is 446 g/mol. The molecule has 1 atom stereocenters. The lowest BCUT2D eigenvalue weighted by Crippen LogP contribution is -2.08. The number of pyridine rings is 1. The van der Waals surface area contributed by atoms with Gasteiger partial charge in [-0.15, -0.1) is 0 Å². The summed E-state index contributed by atoms with van der Waals surface area (Å²) in [5, 5.41) is 14.4. The lowest BCUT2D eigenvalue weighted by atomic mass is 10.1. The van der Waals surface area contributed by atoms with Crippen molar-refractivity contribution in [1.29, 1.82) is 0 Å². The SMILES string of the molecule is C=N/C=C(F)\C=C(/C)c1cc(NCCc2c[nH]c3ccccc23)c2ncc(C(C)CO)n2c1. The summed E-state index contributed by atoms with van der Waals surface area (Å²) in [7, 11) is 0. The number of aliphatic imine (C=N–C) groups is 1. The number of aliphatic hydroxyl groups is 1. The second kappa shape index (κ2) is 9.83. The van der Waals surface area contributed by atoms with Crippen molar-refractivity contribution in [2.24, 2.45) is 4.99 Å². The Morgan fingerprint density at radius 1 is 1.39 bits per heavy atom. The number of anilines is 1. The number of benzene rings is 1. The molecule has 0 saturated heterocycles. The Morgan fingerprint density at radius 3 is 3.00 bits per heavy atom. The third-order valence-corrected chi connectivity index (χ3v) is 5.82. The van der Waals surface area contributed by atoms with E-state index in [0.717, 1.165) is 46.3 Å². The molecule has 3 heterocycles. The van der Waals surface area contributed by atoms with E-state index in [-0.39, 0.29) is 12.5 Å². The number of aliphatic hydroxyl groups excluding tert-OH is 1. The Bertz CT molecular complexity index is 1350. The fourth-order valence-corrected chi connectivity index (χ4v) is 3.99. The first-order valence-electron chi connectivity index (χ1n) is 10.9. The van der Waals surface area contributed by atoms with Gasteiger partial charge in [-0.05, 0) is 55.0 Å². The first-order valence-corrected chi connectivity index (χ1v) is 10.9. The summed E-state index contributed by atoms with van der Waals surface area (Å²) in [4.78, 5) is 11.4. The standard InChI is InChI=1S/C26H28FN5O/c1-17(10-21(27)13-28-3)20-11-24(26-31-14-25(18(2)16-33)32(26)15-20)29-9-8-19-12-30-23-7-5-4-6-22(19)23/h4-7,10-15,18,29-30,33H,3,8-9,16H2,1-2H3/b17-10+,21-13+. The quantitative estimate of drug-likeness (QED) is 0.236. The molecule has 0 aliphatic heterocycles. The van der Waals surface area contributed by atoms with Gasteiger partial charge in [-0.3, -0.25) is 4.99 Å². The van der Waals surface area contributed by atoms with E-state index >= 15 is 0 Å². The minimum atomic E-state index is -0.467. The second-order valence-electron chi connectivity index (χ2n) is 8.16. The largest absolute Gasteiger partial charge is 0.396 e. The van der Waals surface area contributed by atoms with Gasteiger partial charge in [-0.1, -0.05) is 25.1 Å². The van der Waals surface area contributed by atoms with Crippen molar-refractivity contribution in [2.75, 3.05) is 18.5 Å². The van der Waals surface area contributed by atoms with Crippen LogP contribution in [-0.2, 0) is 6.42 Å². The van der Waals surface area contributed by atoms with E-state index in [1.165, 1.54) is 17.0 Å². The Labute approximate surface area is 192 Å². The third kappa shape index (κ3) is 4.73. The molecule has 4 aromatic rings. The summed E-state index contributed by atoms with van der Waals surface area (Å²) in [6.45, 7) is 7.81. The molecule has 6 nitrogen and oxygen atoms in total. The number of allylic oxidation sites excluding steroid dienone is 3. The van der Waals surface area contributed by atoms with Gasteiger partial charge in [-0.2, -0.15) is 0 Å². The number of hydrogen-bond donors (Lipinski definition) is 3. The normalized spacial score (nSPS) is 13.6. The molecule has 0 spiro atoms. The van der Waals surface area contributed by atoms with Gasteiger partial charge in [-0.25, -0.2) is 9.37 Å². The predicted molar refractivity (Wildman–Crippen MR) is 134 cm³/mol. The summed E-state index contributed by atoms with van der Waals surface area (Å²) < 4.78 is 16.0. The van der Waals surface area contributed by atoms with Crippen LogP contribution >= 0.6 is 0 Å². The molecule has 0 saturated carbocycles. The summed E-state index contributed by atoms with van der Waals surface area (Å²) in [5.74, 6) is -0.550. The highest BCUT2D eigenvalue weighted by Crippen LogP contribution is 2.28. The highest BCUT2D eigenvalue weighted by molar-refractivity contribution is 5.83. The molecule has 0 aliphatic carbocycles. The number of nitrogens with zero attached hydrogens (tertiary/aromatic N) is 3. The lowest BCUT2D eigenvalue weighted by molar-refractivity contribution is 0.270. The fraction of sp³-hybridized carbons (Fsp3) is 0.231. The Kier molecular flexibility index (Phi) is 6.70. The number of H-pyrrole nitrogens is 1. The van der Waals surface area contributed by atoms with E-state index in [1.807, 2.05) is 48.8 Å². The van der Waals surface area contributed by atoms with Gasteiger partial charge < -0.3 is 19.8 Å². The number of imidazole rings is 1. The van der Waals surface area contributed by atoms with Crippen molar-refractivity contribution in [3.8, 4) is 0 Å². The fourth-order valence-electron chi connectivity index (χ4n) is 3.99. The molecule has 3 N–H and O–H groups in total. The minimum Gasteiger partial charge on any atom is -0.396 e. The molecule has 7 heteroatoms. The van der Waals surface area contributed by atoms with Gasteiger partial charge in [0, 0.05) is 47.7 Å². The van der Waals surface area contributed by atoms with Gasteiger partial charge in [0.05, 0.1) is 18.5 Å². The highest BCUT2D eigenvalue weighted by atomic mass is 19.1. The van der Waals surface area contributed by atoms with Crippen LogP contribution in [0.3, 0.4) is 0 Å². The van der Waals surface area contributed by atoms with Crippen LogP contribution in [0.5, 0.6) is 0 Å². The molecule has 0 bridgehead atoms. The lowest BCUT2D eigenvalue weighted by Gasteiger charge is -2.14. The number of nitrogens with one attached hydrogen (secondary N) is 2. The van der Waals surface area contributed by atoms with E-state index in [1.54, 1.807) is 6.20 Å². The summed E-state index contributed by atoms with van der Waals surface area (Å²) in [5.41, 5.74) is 6.46. The number of fused-ring (bicyclic) bond motifs is 2. The van der Waals surface area contributed by atoms with Gasteiger partial charge in [0.25, 0.3) is 0 Å². The zero-order valence-corrected chi connectivity index (χ0v) is 18.8. The van der Waals surface area contributed by atoms with Crippen molar-refractivity contribution in [3.63, 3.8) is 0 Å². The maximum Gasteiger partial charge on any atom is 0.160 e. The van der Waals surface area contributed by atoms with Crippen LogP contribution in [0.2, 0.25) is 0 Å². The van der Waals surface area contributed by atoms with Gasteiger partial charge >= 0.3 is 0 Å². The van der Waals surface area contributed by atoms with Crippen LogP contribution < -0.4 is 5.32 Å². The van der Waals surface area contributed by atoms with E-state index < -0.39 is 5.83 Å². The van der Waals surface area contributed by atoms with Gasteiger partial charge in [0.1, 0.15) is 5.83 Å². The number of aromatic amines is 1. The van der Waals surface area contributed by atoms with Crippen LogP contribution in [0.4, 0.5) is 10.1 Å². The first kappa shape index (κ1) is 22.5. The average Bonchev–Trinajstić information content (AvgIpc) is 3.43. The van der Waals surface area contributed by atoms with Crippen LogP contribution in [0.25, 0.3) is 22.1 Å². The third-order valence-electron chi connectivity index (χ3n) is 5.82. The molecule has 0 fully saturated rings. The maximum atomic E-state index is 14.0. The molecule has 33 heavy (non-hydrogen) atoms. The summed E-state index contributed by atoms with van der Waals surface area (Å²) >= 11 is 0. The molecule has 170 valence electrons. The smallest absolute Gasteiger partial charge is 0.160 e. The summed E-state index contributed by atoms with van der Waals surface area (Å²) in [6, 6.07) is 10.2. The summed E-state index contributed by atoms with van der Waals surface area (Å²) in [6.07, 6.45) is 9.10. The van der Waals surface area contributed by atoms with E-state index in [2.05, 4.69) is 39.1 Å². The van der Waals surface area contributed by atoms with Crippen LogP contribution in [0.1, 0.15) is 36.6 Å². The number of rotatable bonds is 9. The molecule has 0 aliphatic rings. The van der Waals surface area contributed by atoms with Crippen molar-refractivity contribution in [1.82, 2.24) is 14.4 Å². The van der Waals surface area contributed by atoms with Crippen molar-refractivity contribution in [2.45, 2.75) is 26.2 Å². The van der Waals surface area contributed by atoms with Crippen LogP contribution in [0, 0.1) is 0 Å². The molecule has 4 rings (SSSR count). The topological polar surface area (TPSA) is 77.7 Å². The molecular formula is C26H28FN5O. The predicted octanol–water partition coefficient (Wildman–Crippen LogP) is 5.48. The zero-order chi connectivity index (χ0) is 23.4. The number of hydrogen-bond acceptors (Lipinski definition) is 4. The number of para-hydroxylation sites is 1. The molecular weight excluding hydrogens is 417 g/mol. The molecule has 0 radical (unpaired) electrons. The Hall–Kier alpha value is -3.71. The first-order chi connectivity index (χ1) is 16.0. The second-order valence-corrected chi connectivity index (χ2v) is 8.16.